The Bertz CT molecular complexity index is 1060. The van der Waals surface area contributed by atoms with E-state index in [4.69, 9.17) is 4.74 Å². The Morgan fingerprint density at radius 3 is 2.41 bits per heavy atom. The Kier molecular flexibility index (Phi) is 5.13. The Morgan fingerprint density at radius 2 is 1.81 bits per heavy atom. The van der Waals surface area contributed by atoms with Crippen LogP contribution in [0.3, 0.4) is 0 Å². The molecule has 142 valence electrons. The molecule has 2 aromatic heterocycles. The van der Waals surface area contributed by atoms with E-state index < -0.39 is 10.0 Å². The SMILES string of the molecule is CCS(=O)(=O)Nc1ccc(Oc2cc(-n3cnc(C)c3C)nc(C)n2)cc1. The summed E-state index contributed by atoms with van der Waals surface area (Å²) in [4.78, 5) is 13.0. The lowest BCUT2D eigenvalue weighted by Gasteiger charge is -2.10. The molecule has 0 bridgehead atoms. The second kappa shape index (κ2) is 7.36. The molecule has 0 amide bonds. The van der Waals surface area contributed by atoms with Crippen molar-refractivity contribution >= 4 is 15.7 Å². The van der Waals surface area contributed by atoms with E-state index in [1.165, 1.54) is 0 Å². The minimum atomic E-state index is -3.31. The minimum Gasteiger partial charge on any atom is -0.439 e. The summed E-state index contributed by atoms with van der Waals surface area (Å²) in [6.45, 7) is 7.28. The molecule has 0 aliphatic carbocycles. The first kappa shape index (κ1) is 18.8. The van der Waals surface area contributed by atoms with Gasteiger partial charge in [0.25, 0.3) is 0 Å². The first-order valence-electron chi connectivity index (χ1n) is 8.42. The molecule has 0 saturated carbocycles. The number of rotatable bonds is 6. The van der Waals surface area contributed by atoms with Gasteiger partial charge in [-0.25, -0.2) is 18.4 Å². The highest BCUT2D eigenvalue weighted by Gasteiger charge is 2.11. The zero-order valence-electron chi connectivity index (χ0n) is 15.6. The van der Waals surface area contributed by atoms with Gasteiger partial charge in [-0.15, -0.1) is 0 Å². The summed E-state index contributed by atoms with van der Waals surface area (Å²) in [7, 11) is -3.31. The molecule has 0 atom stereocenters. The Labute approximate surface area is 158 Å². The van der Waals surface area contributed by atoms with Crippen molar-refractivity contribution in [2.75, 3.05) is 10.5 Å². The van der Waals surface area contributed by atoms with Crippen molar-refractivity contribution in [1.82, 2.24) is 19.5 Å². The molecule has 8 nitrogen and oxygen atoms in total. The third-order valence-electron chi connectivity index (χ3n) is 4.03. The maximum atomic E-state index is 11.6. The van der Waals surface area contributed by atoms with Crippen LogP contribution in [0, 0.1) is 20.8 Å². The van der Waals surface area contributed by atoms with Crippen LogP contribution in [-0.2, 0) is 10.0 Å². The number of anilines is 1. The van der Waals surface area contributed by atoms with Crippen molar-refractivity contribution in [3.05, 3.63) is 53.9 Å². The highest BCUT2D eigenvalue weighted by Crippen LogP contribution is 2.24. The number of benzene rings is 1. The van der Waals surface area contributed by atoms with Crippen molar-refractivity contribution in [3.8, 4) is 17.4 Å². The van der Waals surface area contributed by atoms with Crippen molar-refractivity contribution in [2.24, 2.45) is 0 Å². The van der Waals surface area contributed by atoms with E-state index >= 15 is 0 Å². The molecule has 27 heavy (non-hydrogen) atoms. The minimum absolute atomic E-state index is 0.0153. The molecule has 0 spiro atoms. The standard InChI is InChI=1S/C18H21N5O3S/c1-5-27(24,25)22-15-6-8-16(9-7-15)26-18-10-17(20-14(4)21-18)23-11-19-12(2)13(23)3/h6-11,22H,5H2,1-4H3. The average molecular weight is 387 g/mol. The molecule has 0 saturated heterocycles. The lowest BCUT2D eigenvalue weighted by Crippen LogP contribution is -2.14. The van der Waals surface area contributed by atoms with E-state index in [1.807, 2.05) is 18.4 Å². The lowest BCUT2D eigenvalue weighted by molar-refractivity contribution is 0.459. The second-order valence-corrected chi connectivity index (χ2v) is 8.04. The van der Waals surface area contributed by atoms with Gasteiger partial charge in [0.05, 0.1) is 11.4 Å². The van der Waals surface area contributed by atoms with Gasteiger partial charge in [0.15, 0.2) is 0 Å². The number of nitrogens with one attached hydrogen (secondary N) is 1. The topological polar surface area (TPSA) is 99.0 Å². The van der Waals surface area contributed by atoms with E-state index in [2.05, 4.69) is 19.7 Å². The summed E-state index contributed by atoms with van der Waals surface area (Å²) in [5, 5.41) is 0. The van der Waals surface area contributed by atoms with Gasteiger partial charge < -0.3 is 4.74 Å². The lowest BCUT2D eigenvalue weighted by atomic mass is 10.3. The van der Waals surface area contributed by atoms with Gasteiger partial charge in [-0.05, 0) is 52.0 Å². The summed E-state index contributed by atoms with van der Waals surface area (Å²) < 4.78 is 33.4. The van der Waals surface area contributed by atoms with Gasteiger partial charge in [0.1, 0.15) is 23.7 Å². The zero-order valence-corrected chi connectivity index (χ0v) is 16.4. The quantitative estimate of drug-likeness (QED) is 0.698. The predicted octanol–water partition coefficient (Wildman–Crippen LogP) is 3.14. The van der Waals surface area contributed by atoms with Crippen LogP contribution in [-0.4, -0.2) is 33.7 Å². The number of hydrogen-bond donors (Lipinski definition) is 1. The van der Waals surface area contributed by atoms with Crippen LogP contribution in [0.5, 0.6) is 11.6 Å². The Morgan fingerprint density at radius 1 is 1.11 bits per heavy atom. The van der Waals surface area contributed by atoms with E-state index in [0.29, 0.717) is 29.0 Å². The summed E-state index contributed by atoms with van der Waals surface area (Å²) in [6.07, 6.45) is 1.71. The van der Waals surface area contributed by atoms with Crippen molar-refractivity contribution in [1.29, 1.82) is 0 Å². The number of sulfonamides is 1. The molecule has 3 rings (SSSR count). The van der Waals surface area contributed by atoms with Gasteiger partial charge in [-0.2, -0.15) is 4.98 Å². The van der Waals surface area contributed by atoms with E-state index in [-0.39, 0.29) is 5.75 Å². The van der Waals surface area contributed by atoms with Crippen molar-refractivity contribution < 1.29 is 13.2 Å². The highest BCUT2D eigenvalue weighted by atomic mass is 32.2. The van der Waals surface area contributed by atoms with Gasteiger partial charge in [-0.3, -0.25) is 9.29 Å². The first-order chi connectivity index (χ1) is 12.8. The first-order valence-corrected chi connectivity index (χ1v) is 10.1. The molecule has 2 heterocycles. The van der Waals surface area contributed by atoms with E-state index in [1.54, 1.807) is 50.5 Å². The average Bonchev–Trinajstić information content (AvgIpc) is 2.95. The third kappa shape index (κ3) is 4.43. The number of aromatic nitrogens is 4. The number of hydrogen-bond acceptors (Lipinski definition) is 6. The van der Waals surface area contributed by atoms with Gasteiger partial charge in [0, 0.05) is 17.4 Å². The third-order valence-corrected chi connectivity index (χ3v) is 5.34. The number of nitrogens with zero attached hydrogens (tertiary/aromatic N) is 4. The molecule has 0 aliphatic heterocycles. The molecule has 0 fully saturated rings. The molecule has 1 aromatic carbocycles. The normalized spacial score (nSPS) is 11.4. The van der Waals surface area contributed by atoms with Gasteiger partial charge in [-0.1, -0.05) is 0 Å². The van der Waals surface area contributed by atoms with Crippen molar-refractivity contribution in [3.63, 3.8) is 0 Å². The molecule has 3 aromatic rings. The van der Waals surface area contributed by atoms with Crippen LogP contribution in [0.15, 0.2) is 36.7 Å². The van der Waals surface area contributed by atoms with Crippen LogP contribution in [0.2, 0.25) is 0 Å². The fraction of sp³-hybridized carbons (Fsp3) is 0.278. The molecule has 0 aliphatic rings. The largest absolute Gasteiger partial charge is 0.439 e. The molecule has 1 N–H and O–H groups in total. The highest BCUT2D eigenvalue weighted by molar-refractivity contribution is 7.92. The predicted molar refractivity (Wildman–Crippen MR) is 103 cm³/mol. The molecular formula is C18H21N5O3S. The van der Waals surface area contributed by atoms with E-state index in [9.17, 15) is 8.42 Å². The maximum absolute atomic E-state index is 11.6. The number of ether oxygens (including phenoxy) is 1. The maximum Gasteiger partial charge on any atom is 0.232 e. The van der Waals surface area contributed by atoms with Crippen LogP contribution in [0.25, 0.3) is 5.82 Å². The van der Waals surface area contributed by atoms with E-state index in [0.717, 1.165) is 11.4 Å². The summed E-state index contributed by atoms with van der Waals surface area (Å²) in [5.74, 6) is 2.19. The molecule has 9 heteroatoms. The van der Waals surface area contributed by atoms with Crippen molar-refractivity contribution in [2.45, 2.75) is 27.7 Å². The summed E-state index contributed by atoms with van der Waals surface area (Å²) in [5.41, 5.74) is 2.40. The van der Waals surface area contributed by atoms with Crippen LogP contribution >= 0.6 is 0 Å². The Balaban J connectivity index is 1.83. The zero-order chi connectivity index (χ0) is 19.6. The second-order valence-electron chi connectivity index (χ2n) is 6.03. The smallest absolute Gasteiger partial charge is 0.232 e. The number of aryl methyl sites for hydroxylation is 2. The molecule has 0 radical (unpaired) electrons. The summed E-state index contributed by atoms with van der Waals surface area (Å²) >= 11 is 0. The van der Waals surface area contributed by atoms with Crippen LogP contribution in [0.4, 0.5) is 5.69 Å². The van der Waals surface area contributed by atoms with Gasteiger partial charge in [0.2, 0.25) is 15.9 Å². The monoisotopic (exact) mass is 387 g/mol. The number of imidazole rings is 1. The molecule has 0 unspecified atom stereocenters. The van der Waals surface area contributed by atoms with Crippen LogP contribution in [0.1, 0.15) is 24.1 Å². The van der Waals surface area contributed by atoms with Crippen LogP contribution < -0.4 is 9.46 Å². The fourth-order valence-corrected chi connectivity index (χ4v) is 3.03. The summed E-state index contributed by atoms with van der Waals surface area (Å²) in [6, 6.07) is 8.37. The fourth-order valence-electron chi connectivity index (χ4n) is 2.39. The van der Waals surface area contributed by atoms with Gasteiger partial charge >= 0.3 is 0 Å². The molecular weight excluding hydrogens is 366 g/mol. The Hall–Kier alpha value is -2.94.